The van der Waals surface area contributed by atoms with Crippen LogP contribution in [0.5, 0.6) is 0 Å². The lowest BCUT2D eigenvalue weighted by Crippen LogP contribution is -2.05. The number of hydrogen-bond donors (Lipinski definition) is 1. The molecule has 3 aromatic rings. The number of nitrogens with zero attached hydrogens (tertiary/aromatic N) is 1. The Kier molecular flexibility index (Phi) is 4.84. The summed E-state index contributed by atoms with van der Waals surface area (Å²) in [6.45, 7) is 4.00. The van der Waals surface area contributed by atoms with Gasteiger partial charge in [0.25, 0.3) is 0 Å². The molecule has 0 saturated heterocycles. The molecule has 0 atom stereocenters. The Morgan fingerprint density at radius 3 is 2.65 bits per heavy atom. The van der Waals surface area contributed by atoms with Crippen LogP contribution in [0.4, 0.5) is 8.78 Å². The zero-order valence-electron chi connectivity index (χ0n) is 14.6. The number of methoxy groups -OCH3 is 1. The van der Waals surface area contributed by atoms with Crippen molar-refractivity contribution in [3.05, 3.63) is 71.1 Å². The summed E-state index contributed by atoms with van der Waals surface area (Å²) in [5.74, 6) is -1.63. The largest absolute Gasteiger partial charge is 0.465 e. The molecule has 2 heterocycles. The second-order valence-electron chi connectivity index (χ2n) is 6.28. The van der Waals surface area contributed by atoms with Crippen molar-refractivity contribution in [1.82, 2.24) is 9.97 Å². The number of fused-ring (bicyclic) bond motifs is 1. The van der Waals surface area contributed by atoms with Crippen LogP contribution in [0, 0.1) is 17.6 Å². The average molecular weight is 356 g/mol. The molecule has 0 bridgehead atoms. The van der Waals surface area contributed by atoms with Gasteiger partial charge in [-0.3, -0.25) is 0 Å². The number of halogens is 2. The van der Waals surface area contributed by atoms with Crippen LogP contribution >= 0.6 is 0 Å². The Bertz CT molecular complexity index is 1010. The lowest BCUT2D eigenvalue weighted by molar-refractivity contribution is 0.0595. The molecule has 0 radical (unpaired) electrons. The molecule has 134 valence electrons. The van der Waals surface area contributed by atoms with Gasteiger partial charge < -0.3 is 9.72 Å². The maximum atomic E-state index is 14.4. The molecule has 6 heteroatoms. The SMILES string of the molecule is COC(=O)c1ccc(/C(=C/C(C)C)c2cc3cc(F)cnc3[nH]2)cc1F. The molecule has 0 spiro atoms. The van der Waals surface area contributed by atoms with Gasteiger partial charge in [-0.15, -0.1) is 0 Å². The van der Waals surface area contributed by atoms with E-state index in [2.05, 4.69) is 14.7 Å². The summed E-state index contributed by atoms with van der Waals surface area (Å²) < 4.78 is 32.3. The molecule has 1 aromatic carbocycles. The van der Waals surface area contributed by atoms with E-state index < -0.39 is 17.6 Å². The zero-order chi connectivity index (χ0) is 18.8. The van der Waals surface area contributed by atoms with E-state index in [-0.39, 0.29) is 11.5 Å². The number of pyridine rings is 1. The lowest BCUT2D eigenvalue weighted by Gasteiger charge is -2.10. The minimum Gasteiger partial charge on any atom is -0.465 e. The maximum absolute atomic E-state index is 14.4. The van der Waals surface area contributed by atoms with Crippen molar-refractivity contribution >= 4 is 22.6 Å². The Morgan fingerprint density at radius 1 is 1.23 bits per heavy atom. The molecule has 0 fully saturated rings. The quantitative estimate of drug-likeness (QED) is 0.689. The Balaban J connectivity index is 2.11. The summed E-state index contributed by atoms with van der Waals surface area (Å²) in [7, 11) is 1.20. The first-order valence-electron chi connectivity index (χ1n) is 8.13. The number of carbonyl (C=O) groups excluding carboxylic acids is 1. The highest BCUT2D eigenvalue weighted by Gasteiger charge is 2.16. The third-order valence-electron chi connectivity index (χ3n) is 3.91. The fourth-order valence-corrected chi connectivity index (χ4v) is 2.77. The van der Waals surface area contributed by atoms with Gasteiger partial charge in [0.05, 0.1) is 18.9 Å². The third kappa shape index (κ3) is 3.49. The van der Waals surface area contributed by atoms with Gasteiger partial charge in [0, 0.05) is 16.7 Å². The van der Waals surface area contributed by atoms with Crippen molar-refractivity contribution in [2.75, 3.05) is 7.11 Å². The highest BCUT2D eigenvalue weighted by Crippen LogP contribution is 2.28. The molecule has 0 aliphatic heterocycles. The highest BCUT2D eigenvalue weighted by atomic mass is 19.1. The predicted molar refractivity (Wildman–Crippen MR) is 95.7 cm³/mol. The van der Waals surface area contributed by atoms with Crippen LogP contribution in [-0.2, 0) is 4.74 Å². The van der Waals surface area contributed by atoms with Crippen LogP contribution in [0.1, 0.15) is 35.5 Å². The number of ether oxygens (including phenoxy) is 1. The van der Waals surface area contributed by atoms with E-state index in [0.717, 1.165) is 11.8 Å². The number of aromatic nitrogens is 2. The Hall–Kier alpha value is -3.02. The van der Waals surface area contributed by atoms with Crippen LogP contribution in [0.2, 0.25) is 0 Å². The zero-order valence-corrected chi connectivity index (χ0v) is 14.6. The third-order valence-corrected chi connectivity index (χ3v) is 3.91. The van der Waals surface area contributed by atoms with E-state index in [1.165, 1.54) is 25.3 Å². The molecular formula is C20H18F2N2O2. The molecule has 4 nitrogen and oxygen atoms in total. The first kappa shape index (κ1) is 17.8. The number of nitrogens with one attached hydrogen (secondary N) is 1. The van der Waals surface area contributed by atoms with E-state index in [9.17, 15) is 13.6 Å². The highest BCUT2D eigenvalue weighted by molar-refractivity contribution is 5.91. The van der Waals surface area contributed by atoms with E-state index in [1.807, 2.05) is 19.9 Å². The van der Waals surface area contributed by atoms with Crippen LogP contribution < -0.4 is 0 Å². The van der Waals surface area contributed by atoms with Crippen LogP contribution in [0.25, 0.3) is 16.6 Å². The average Bonchev–Trinajstić information content (AvgIpc) is 3.01. The van der Waals surface area contributed by atoms with E-state index in [0.29, 0.717) is 22.3 Å². The summed E-state index contributed by atoms with van der Waals surface area (Å²) in [6.07, 6.45) is 3.10. The molecule has 0 saturated carbocycles. The standard InChI is InChI=1S/C20H18F2N2O2/c1-11(2)6-16(12-4-5-15(17(22)8-12)20(25)26-3)18-9-13-7-14(21)10-23-19(13)24-18/h4-11H,1-3H3,(H,23,24)/b16-6-. The van der Waals surface area contributed by atoms with Crippen molar-refractivity contribution in [1.29, 1.82) is 0 Å². The summed E-state index contributed by atoms with van der Waals surface area (Å²) in [5.41, 5.74) is 2.45. The van der Waals surface area contributed by atoms with Crippen molar-refractivity contribution in [3.63, 3.8) is 0 Å². The molecule has 1 N–H and O–H groups in total. The predicted octanol–water partition coefficient (Wildman–Crippen LogP) is 4.72. The van der Waals surface area contributed by atoms with Crippen molar-refractivity contribution in [3.8, 4) is 0 Å². The fraction of sp³-hybridized carbons (Fsp3) is 0.200. The number of allylic oxidation sites excluding steroid dienone is 1. The summed E-state index contributed by atoms with van der Waals surface area (Å²) in [4.78, 5) is 18.7. The summed E-state index contributed by atoms with van der Waals surface area (Å²) >= 11 is 0. The number of carbonyl (C=O) groups is 1. The maximum Gasteiger partial charge on any atom is 0.340 e. The van der Waals surface area contributed by atoms with Gasteiger partial charge in [0.2, 0.25) is 0 Å². The van der Waals surface area contributed by atoms with E-state index >= 15 is 0 Å². The number of hydrogen-bond acceptors (Lipinski definition) is 3. The van der Waals surface area contributed by atoms with E-state index in [4.69, 9.17) is 0 Å². The minimum absolute atomic E-state index is 0.125. The molecule has 0 aliphatic rings. The van der Waals surface area contributed by atoms with Gasteiger partial charge in [-0.05, 0) is 35.7 Å². The molecule has 2 aromatic heterocycles. The van der Waals surface area contributed by atoms with Crippen LogP contribution in [0.3, 0.4) is 0 Å². The number of benzene rings is 1. The molecule has 0 unspecified atom stereocenters. The number of rotatable bonds is 4. The number of esters is 1. The van der Waals surface area contributed by atoms with Gasteiger partial charge in [-0.2, -0.15) is 0 Å². The second-order valence-corrected chi connectivity index (χ2v) is 6.28. The minimum atomic E-state index is -0.728. The van der Waals surface area contributed by atoms with Crippen molar-refractivity contribution < 1.29 is 18.3 Å². The lowest BCUT2D eigenvalue weighted by atomic mass is 9.97. The normalized spacial score (nSPS) is 12.0. The fourth-order valence-electron chi connectivity index (χ4n) is 2.77. The first-order chi connectivity index (χ1) is 12.4. The Labute approximate surface area is 149 Å². The van der Waals surface area contributed by atoms with Gasteiger partial charge in [0.1, 0.15) is 17.3 Å². The van der Waals surface area contributed by atoms with Gasteiger partial charge in [-0.1, -0.05) is 26.0 Å². The molecule has 0 aliphatic carbocycles. The monoisotopic (exact) mass is 356 g/mol. The molecule has 0 amide bonds. The molecule has 3 rings (SSSR count). The van der Waals surface area contributed by atoms with E-state index in [1.54, 1.807) is 12.1 Å². The number of aromatic amines is 1. The Morgan fingerprint density at radius 2 is 2.00 bits per heavy atom. The number of H-pyrrole nitrogens is 1. The van der Waals surface area contributed by atoms with Gasteiger partial charge >= 0.3 is 5.97 Å². The second kappa shape index (κ2) is 7.07. The van der Waals surface area contributed by atoms with Crippen LogP contribution in [-0.4, -0.2) is 23.0 Å². The summed E-state index contributed by atoms with van der Waals surface area (Å²) in [5, 5.41) is 0.626. The molecule has 26 heavy (non-hydrogen) atoms. The summed E-state index contributed by atoms with van der Waals surface area (Å²) in [6, 6.07) is 7.50. The smallest absolute Gasteiger partial charge is 0.340 e. The van der Waals surface area contributed by atoms with Gasteiger partial charge in [0.15, 0.2) is 0 Å². The molecular weight excluding hydrogens is 338 g/mol. The van der Waals surface area contributed by atoms with Crippen LogP contribution in [0.15, 0.2) is 42.6 Å². The topological polar surface area (TPSA) is 55.0 Å². The van der Waals surface area contributed by atoms with Crippen molar-refractivity contribution in [2.45, 2.75) is 13.8 Å². The first-order valence-corrected chi connectivity index (χ1v) is 8.13. The van der Waals surface area contributed by atoms with Gasteiger partial charge in [-0.25, -0.2) is 18.6 Å². The van der Waals surface area contributed by atoms with Crippen molar-refractivity contribution in [2.24, 2.45) is 5.92 Å².